The first kappa shape index (κ1) is 10.6. The molecular weight excluding hydrogens is 236 g/mol. The van der Waals surface area contributed by atoms with Gasteiger partial charge in [-0.1, -0.05) is 11.6 Å². The van der Waals surface area contributed by atoms with Crippen molar-refractivity contribution in [1.29, 1.82) is 0 Å². The molecule has 0 atom stereocenters. The van der Waals surface area contributed by atoms with Crippen LogP contribution in [0.25, 0.3) is 11.3 Å². The van der Waals surface area contributed by atoms with Gasteiger partial charge in [0.25, 0.3) is 0 Å². The highest BCUT2D eigenvalue weighted by molar-refractivity contribution is 6.30. The van der Waals surface area contributed by atoms with Crippen LogP contribution >= 0.6 is 11.6 Å². The molecule has 86 valence electrons. The lowest BCUT2D eigenvalue weighted by Crippen LogP contribution is -1.99. The summed E-state index contributed by atoms with van der Waals surface area (Å²) >= 11 is 6.15. The fraction of sp³-hybridized carbons (Fsp3) is 0.333. The quantitative estimate of drug-likeness (QED) is 0.765. The van der Waals surface area contributed by atoms with Gasteiger partial charge in [-0.15, -0.1) is 0 Å². The molecule has 0 bridgehead atoms. The van der Waals surface area contributed by atoms with Gasteiger partial charge in [-0.05, 0) is 19.8 Å². The van der Waals surface area contributed by atoms with Gasteiger partial charge in [0.05, 0.1) is 5.69 Å². The van der Waals surface area contributed by atoms with Crippen LogP contribution in [-0.4, -0.2) is 19.9 Å². The molecule has 3 rings (SSSR count). The highest BCUT2D eigenvalue weighted by Gasteiger charge is 2.28. The van der Waals surface area contributed by atoms with Crippen molar-refractivity contribution in [2.24, 2.45) is 0 Å². The molecular formula is C12H11ClN4. The first-order valence-corrected chi connectivity index (χ1v) is 5.93. The predicted molar refractivity (Wildman–Crippen MR) is 64.8 cm³/mol. The Morgan fingerprint density at radius 3 is 2.53 bits per heavy atom. The van der Waals surface area contributed by atoms with Crippen molar-refractivity contribution in [2.45, 2.75) is 25.7 Å². The van der Waals surface area contributed by atoms with Gasteiger partial charge in [-0.25, -0.2) is 19.9 Å². The van der Waals surface area contributed by atoms with E-state index in [1.54, 1.807) is 12.4 Å². The van der Waals surface area contributed by atoms with E-state index in [9.17, 15) is 0 Å². The van der Waals surface area contributed by atoms with Crippen LogP contribution in [-0.2, 0) is 0 Å². The van der Waals surface area contributed by atoms with Crippen molar-refractivity contribution in [1.82, 2.24) is 19.9 Å². The van der Waals surface area contributed by atoms with Crippen LogP contribution in [0, 0.1) is 6.92 Å². The molecule has 0 aliphatic heterocycles. The lowest BCUT2D eigenvalue weighted by Gasteiger charge is -2.08. The zero-order valence-corrected chi connectivity index (χ0v) is 10.1. The van der Waals surface area contributed by atoms with Gasteiger partial charge in [0, 0.05) is 29.4 Å². The number of nitrogens with zero attached hydrogens (tertiary/aromatic N) is 4. The van der Waals surface area contributed by atoms with Gasteiger partial charge >= 0.3 is 0 Å². The third-order valence-electron chi connectivity index (χ3n) is 2.88. The number of halogens is 1. The van der Waals surface area contributed by atoms with E-state index in [0.29, 0.717) is 11.1 Å². The summed E-state index contributed by atoms with van der Waals surface area (Å²) in [5, 5.41) is 0.528. The van der Waals surface area contributed by atoms with Gasteiger partial charge in [0.15, 0.2) is 0 Å². The second kappa shape index (κ2) is 4.04. The van der Waals surface area contributed by atoms with E-state index in [-0.39, 0.29) is 0 Å². The molecule has 0 amide bonds. The molecule has 0 radical (unpaired) electrons. The zero-order valence-electron chi connectivity index (χ0n) is 9.39. The van der Waals surface area contributed by atoms with E-state index >= 15 is 0 Å². The molecule has 5 heteroatoms. The van der Waals surface area contributed by atoms with Crippen LogP contribution in [0.5, 0.6) is 0 Å². The Morgan fingerprint density at radius 2 is 1.88 bits per heavy atom. The summed E-state index contributed by atoms with van der Waals surface area (Å²) in [5.74, 6) is 1.33. The second-order valence-electron chi connectivity index (χ2n) is 4.25. The Hall–Kier alpha value is -1.55. The summed E-state index contributed by atoms with van der Waals surface area (Å²) in [6.07, 6.45) is 7.31. The SMILES string of the molecule is Cc1c(Cl)nc(C2CC2)nc1-c1cncnc1. The van der Waals surface area contributed by atoms with Gasteiger partial charge in [0.2, 0.25) is 0 Å². The third kappa shape index (κ3) is 2.00. The summed E-state index contributed by atoms with van der Waals surface area (Å²) in [7, 11) is 0. The van der Waals surface area contributed by atoms with Crippen LogP contribution in [0.15, 0.2) is 18.7 Å². The predicted octanol–water partition coefficient (Wildman–Crippen LogP) is 2.77. The maximum absolute atomic E-state index is 6.15. The molecule has 0 saturated heterocycles. The monoisotopic (exact) mass is 246 g/mol. The summed E-state index contributed by atoms with van der Waals surface area (Å²) in [6, 6.07) is 0. The van der Waals surface area contributed by atoms with Gasteiger partial charge < -0.3 is 0 Å². The molecule has 2 heterocycles. The minimum absolute atomic E-state index is 0.483. The Bertz CT molecular complexity index is 552. The zero-order chi connectivity index (χ0) is 11.8. The van der Waals surface area contributed by atoms with Crippen molar-refractivity contribution >= 4 is 11.6 Å². The first-order chi connectivity index (χ1) is 8.25. The summed E-state index contributed by atoms with van der Waals surface area (Å²) in [6.45, 7) is 1.92. The van der Waals surface area contributed by atoms with Crippen molar-refractivity contribution in [2.75, 3.05) is 0 Å². The Labute approximate surface area is 104 Å². The van der Waals surface area contributed by atoms with E-state index in [4.69, 9.17) is 11.6 Å². The number of hydrogen-bond donors (Lipinski definition) is 0. The summed E-state index contributed by atoms with van der Waals surface area (Å²) in [4.78, 5) is 16.9. The van der Waals surface area contributed by atoms with Crippen LogP contribution in [0.1, 0.15) is 30.1 Å². The van der Waals surface area contributed by atoms with Crippen LogP contribution in [0.2, 0.25) is 5.15 Å². The smallest absolute Gasteiger partial charge is 0.136 e. The summed E-state index contributed by atoms with van der Waals surface area (Å²) < 4.78 is 0. The molecule has 4 nitrogen and oxygen atoms in total. The molecule has 1 aliphatic carbocycles. The van der Waals surface area contributed by atoms with E-state index in [1.807, 2.05) is 6.92 Å². The standard InChI is InChI=1S/C12H11ClN4/c1-7-10(9-4-14-6-15-5-9)16-12(8-2-3-8)17-11(7)13/h4-6,8H,2-3H2,1H3. The average Bonchev–Trinajstić information content (AvgIpc) is 3.18. The highest BCUT2D eigenvalue weighted by Crippen LogP contribution is 2.39. The molecule has 0 aromatic carbocycles. The van der Waals surface area contributed by atoms with E-state index in [0.717, 1.165) is 35.5 Å². The Kier molecular flexibility index (Phi) is 2.52. The molecule has 2 aromatic rings. The average molecular weight is 247 g/mol. The molecule has 17 heavy (non-hydrogen) atoms. The third-order valence-corrected chi connectivity index (χ3v) is 3.25. The van der Waals surface area contributed by atoms with E-state index in [1.165, 1.54) is 6.33 Å². The van der Waals surface area contributed by atoms with Gasteiger partial charge in [0.1, 0.15) is 17.3 Å². The van der Waals surface area contributed by atoms with Gasteiger partial charge in [-0.3, -0.25) is 0 Å². The Balaban J connectivity index is 2.14. The summed E-state index contributed by atoms with van der Waals surface area (Å²) in [5.41, 5.74) is 2.61. The molecule has 0 spiro atoms. The second-order valence-corrected chi connectivity index (χ2v) is 4.61. The highest BCUT2D eigenvalue weighted by atomic mass is 35.5. The van der Waals surface area contributed by atoms with Crippen molar-refractivity contribution in [3.05, 3.63) is 35.3 Å². The first-order valence-electron chi connectivity index (χ1n) is 5.55. The van der Waals surface area contributed by atoms with E-state index in [2.05, 4.69) is 19.9 Å². The Morgan fingerprint density at radius 1 is 1.18 bits per heavy atom. The largest absolute Gasteiger partial charge is 0.244 e. The number of rotatable bonds is 2. The maximum Gasteiger partial charge on any atom is 0.136 e. The van der Waals surface area contributed by atoms with Crippen LogP contribution in [0.4, 0.5) is 0 Å². The number of aromatic nitrogens is 4. The van der Waals surface area contributed by atoms with Crippen LogP contribution in [0.3, 0.4) is 0 Å². The fourth-order valence-corrected chi connectivity index (χ4v) is 1.91. The van der Waals surface area contributed by atoms with Gasteiger partial charge in [-0.2, -0.15) is 0 Å². The van der Waals surface area contributed by atoms with Crippen molar-refractivity contribution in [3.63, 3.8) is 0 Å². The lowest BCUT2D eigenvalue weighted by atomic mass is 10.1. The number of hydrogen-bond acceptors (Lipinski definition) is 4. The molecule has 1 fully saturated rings. The maximum atomic E-state index is 6.15. The fourth-order valence-electron chi connectivity index (χ4n) is 1.73. The molecule has 0 N–H and O–H groups in total. The van der Waals surface area contributed by atoms with Crippen LogP contribution < -0.4 is 0 Å². The minimum Gasteiger partial charge on any atom is -0.244 e. The molecule has 2 aromatic heterocycles. The van der Waals surface area contributed by atoms with Crippen molar-refractivity contribution < 1.29 is 0 Å². The van der Waals surface area contributed by atoms with E-state index < -0.39 is 0 Å². The van der Waals surface area contributed by atoms with Crippen molar-refractivity contribution in [3.8, 4) is 11.3 Å². The molecule has 1 aliphatic rings. The minimum atomic E-state index is 0.483. The normalized spacial score (nSPS) is 14.9. The molecule has 1 saturated carbocycles. The topological polar surface area (TPSA) is 51.6 Å². The molecule has 0 unspecified atom stereocenters. The lowest BCUT2D eigenvalue weighted by molar-refractivity contribution is 0.920.